The molecule has 26 heavy (non-hydrogen) atoms. The number of aryl methyl sites for hydroxylation is 1. The van der Waals surface area contributed by atoms with E-state index < -0.39 is 10.0 Å². The molecule has 2 aromatic carbocycles. The summed E-state index contributed by atoms with van der Waals surface area (Å²) in [6, 6.07) is 15.6. The van der Waals surface area contributed by atoms with E-state index >= 15 is 0 Å². The summed E-state index contributed by atoms with van der Waals surface area (Å²) in [6.45, 7) is 8.11. The molecular weight excluding hydrogens is 344 g/mol. The van der Waals surface area contributed by atoms with Crippen LogP contribution in [0.2, 0.25) is 0 Å². The first kappa shape index (κ1) is 18.4. The fourth-order valence-electron chi connectivity index (χ4n) is 3.04. The van der Waals surface area contributed by atoms with Crippen molar-refractivity contribution in [2.24, 2.45) is 4.40 Å². The maximum absolute atomic E-state index is 12.6. The van der Waals surface area contributed by atoms with Gasteiger partial charge >= 0.3 is 0 Å². The van der Waals surface area contributed by atoms with E-state index in [1.54, 1.807) is 6.92 Å². The van der Waals surface area contributed by atoms with Gasteiger partial charge in [0.05, 0.1) is 0 Å². The molecule has 2 aromatic rings. The van der Waals surface area contributed by atoms with Gasteiger partial charge in [0.15, 0.2) is 0 Å². The highest BCUT2D eigenvalue weighted by Crippen LogP contribution is 2.33. The minimum atomic E-state index is -3.70. The number of anilines is 1. The predicted molar refractivity (Wildman–Crippen MR) is 109 cm³/mol. The molecule has 1 heterocycles. The van der Waals surface area contributed by atoms with Gasteiger partial charge in [-0.25, -0.2) is 0 Å². The Hall–Kier alpha value is -2.40. The summed E-state index contributed by atoms with van der Waals surface area (Å²) in [5.74, 6) is 0.792. The van der Waals surface area contributed by atoms with Crippen molar-refractivity contribution in [1.82, 2.24) is 0 Å². The van der Waals surface area contributed by atoms with Crippen LogP contribution in [0.15, 0.2) is 58.5 Å². The first-order valence-corrected chi connectivity index (χ1v) is 10.3. The molecule has 1 N–H and O–H groups in total. The van der Waals surface area contributed by atoms with Crippen LogP contribution < -0.4 is 5.32 Å². The number of hydrogen-bond donors (Lipinski definition) is 1. The monoisotopic (exact) mass is 368 g/mol. The number of benzene rings is 2. The smallest absolute Gasteiger partial charge is 0.285 e. The molecule has 0 aliphatic carbocycles. The van der Waals surface area contributed by atoms with Crippen molar-refractivity contribution < 1.29 is 8.42 Å². The molecule has 0 bridgehead atoms. The van der Waals surface area contributed by atoms with Gasteiger partial charge in [0.1, 0.15) is 10.7 Å². The zero-order valence-electron chi connectivity index (χ0n) is 15.6. The largest absolute Gasteiger partial charge is 0.339 e. The van der Waals surface area contributed by atoms with Crippen LogP contribution in [0.25, 0.3) is 4.91 Å². The second-order valence-electron chi connectivity index (χ2n) is 6.82. The van der Waals surface area contributed by atoms with Crippen LogP contribution in [0.4, 0.5) is 5.69 Å². The highest BCUT2D eigenvalue weighted by Gasteiger charge is 2.31. The zero-order chi connectivity index (χ0) is 18.9. The number of hydrogen-bond acceptors (Lipinski definition) is 3. The van der Waals surface area contributed by atoms with E-state index in [1.165, 1.54) is 11.1 Å². The van der Waals surface area contributed by atoms with Gasteiger partial charge in [-0.05, 0) is 48.1 Å². The Morgan fingerprint density at radius 2 is 1.77 bits per heavy atom. The minimum absolute atomic E-state index is 0.280. The highest BCUT2D eigenvalue weighted by atomic mass is 32.2. The second-order valence-corrected chi connectivity index (χ2v) is 8.37. The molecule has 0 amide bonds. The van der Waals surface area contributed by atoms with Gasteiger partial charge in [0.25, 0.3) is 10.0 Å². The van der Waals surface area contributed by atoms with Gasteiger partial charge in [0.2, 0.25) is 0 Å². The van der Waals surface area contributed by atoms with Gasteiger partial charge in [0, 0.05) is 11.3 Å². The van der Waals surface area contributed by atoms with E-state index in [4.69, 9.17) is 0 Å². The van der Waals surface area contributed by atoms with E-state index in [1.807, 2.05) is 48.5 Å². The maximum Gasteiger partial charge on any atom is 0.285 e. The van der Waals surface area contributed by atoms with E-state index in [2.05, 4.69) is 30.5 Å². The highest BCUT2D eigenvalue weighted by molar-refractivity contribution is 8.00. The predicted octanol–water partition coefficient (Wildman–Crippen LogP) is 4.96. The third kappa shape index (κ3) is 3.58. The summed E-state index contributed by atoms with van der Waals surface area (Å²) >= 11 is 0. The summed E-state index contributed by atoms with van der Waals surface area (Å²) in [5, 5.41) is 3.16. The lowest BCUT2D eigenvalue weighted by molar-refractivity contribution is 0.608. The Morgan fingerprint density at radius 1 is 1.08 bits per heavy atom. The molecular formula is C21H24N2O2S. The third-order valence-electron chi connectivity index (χ3n) is 4.60. The topological polar surface area (TPSA) is 58.5 Å². The second kappa shape index (κ2) is 7.08. The SMILES string of the molecule is CCc1cccc(NC2=NS(=O)(=O)C(c3ccc(C(C)C)cc3)=C2C)c1. The molecule has 0 fully saturated rings. The summed E-state index contributed by atoms with van der Waals surface area (Å²) < 4.78 is 29.2. The number of nitrogens with zero attached hydrogens (tertiary/aromatic N) is 1. The Balaban J connectivity index is 1.96. The molecule has 0 saturated heterocycles. The summed E-state index contributed by atoms with van der Waals surface area (Å²) in [7, 11) is -3.70. The van der Waals surface area contributed by atoms with Crippen LogP contribution in [0.3, 0.4) is 0 Å². The molecule has 0 radical (unpaired) electrons. The molecule has 0 saturated carbocycles. The molecule has 136 valence electrons. The van der Waals surface area contributed by atoms with E-state index in [0.29, 0.717) is 22.9 Å². The van der Waals surface area contributed by atoms with Gasteiger partial charge in [-0.3, -0.25) is 0 Å². The molecule has 0 spiro atoms. The van der Waals surface area contributed by atoms with Gasteiger partial charge in [-0.15, -0.1) is 4.40 Å². The van der Waals surface area contributed by atoms with Gasteiger partial charge < -0.3 is 5.32 Å². The first-order chi connectivity index (χ1) is 12.3. The number of rotatable bonds is 4. The van der Waals surface area contributed by atoms with Crippen LogP contribution >= 0.6 is 0 Å². The van der Waals surface area contributed by atoms with E-state index in [0.717, 1.165) is 12.1 Å². The van der Waals surface area contributed by atoms with Crippen LogP contribution in [0.1, 0.15) is 50.3 Å². The van der Waals surface area contributed by atoms with Crippen molar-refractivity contribution in [3.63, 3.8) is 0 Å². The van der Waals surface area contributed by atoms with Crippen molar-refractivity contribution in [3.05, 3.63) is 70.8 Å². The first-order valence-electron chi connectivity index (χ1n) is 8.84. The molecule has 1 aliphatic heterocycles. The lowest BCUT2D eigenvalue weighted by atomic mass is 10.0. The fourth-order valence-corrected chi connectivity index (χ4v) is 4.47. The van der Waals surface area contributed by atoms with E-state index in [9.17, 15) is 8.42 Å². The Bertz CT molecular complexity index is 985. The molecule has 0 atom stereocenters. The Kier molecular flexibility index (Phi) is 5.01. The van der Waals surface area contributed by atoms with Gasteiger partial charge in [-0.2, -0.15) is 8.42 Å². The van der Waals surface area contributed by atoms with Crippen molar-refractivity contribution in [2.75, 3.05) is 5.32 Å². The van der Waals surface area contributed by atoms with Crippen LogP contribution in [0, 0.1) is 0 Å². The minimum Gasteiger partial charge on any atom is -0.339 e. The lowest BCUT2D eigenvalue weighted by Crippen LogP contribution is -2.11. The lowest BCUT2D eigenvalue weighted by Gasteiger charge is -2.09. The molecule has 3 rings (SSSR count). The summed E-state index contributed by atoms with van der Waals surface area (Å²) in [5.41, 5.74) is 4.52. The maximum atomic E-state index is 12.6. The van der Waals surface area contributed by atoms with Crippen molar-refractivity contribution in [3.8, 4) is 0 Å². The molecule has 0 unspecified atom stereocenters. The Morgan fingerprint density at radius 3 is 2.38 bits per heavy atom. The van der Waals surface area contributed by atoms with E-state index in [-0.39, 0.29) is 4.91 Å². The van der Waals surface area contributed by atoms with Crippen LogP contribution in [-0.4, -0.2) is 14.3 Å². The summed E-state index contributed by atoms with van der Waals surface area (Å²) in [4.78, 5) is 0.280. The zero-order valence-corrected chi connectivity index (χ0v) is 16.4. The van der Waals surface area contributed by atoms with Gasteiger partial charge in [-0.1, -0.05) is 57.2 Å². The van der Waals surface area contributed by atoms with Crippen LogP contribution in [-0.2, 0) is 16.4 Å². The van der Waals surface area contributed by atoms with Crippen LogP contribution in [0.5, 0.6) is 0 Å². The number of nitrogens with one attached hydrogen (secondary N) is 1. The molecule has 0 aromatic heterocycles. The molecule has 4 nitrogen and oxygen atoms in total. The average molecular weight is 369 g/mol. The normalized spacial score (nSPS) is 16.1. The van der Waals surface area contributed by atoms with Crippen molar-refractivity contribution in [2.45, 2.75) is 40.0 Å². The molecule has 1 aliphatic rings. The third-order valence-corrected chi connectivity index (χ3v) is 6.08. The summed E-state index contributed by atoms with van der Waals surface area (Å²) in [6.07, 6.45) is 0.919. The molecule has 5 heteroatoms. The number of sulfonamides is 1. The fraction of sp³-hybridized carbons (Fsp3) is 0.286. The number of amidine groups is 1. The Labute approximate surface area is 155 Å². The standard InChI is InChI=1S/C21H24N2O2S/c1-5-16-7-6-8-19(13-16)22-21-15(4)20(26(24,25)23-21)18-11-9-17(10-12-18)14(2)3/h6-14H,5H2,1-4H3,(H,22,23). The average Bonchev–Trinajstić information content (AvgIpc) is 2.83. The quantitative estimate of drug-likeness (QED) is 0.830. The van der Waals surface area contributed by atoms with Crippen molar-refractivity contribution >= 4 is 26.5 Å². The van der Waals surface area contributed by atoms with Crippen molar-refractivity contribution in [1.29, 1.82) is 0 Å².